The highest BCUT2D eigenvalue weighted by atomic mass is 32.2. The molecule has 0 unspecified atom stereocenters. The summed E-state index contributed by atoms with van der Waals surface area (Å²) in [6.07, 6.45) is 1.71. The maximum absolute atomic E-state index is 13.4. The summed E-state index contributed by atoms with van der Waals surface area (Å²) >= 11 is 3.06. The van der Waals surface area contributed by atoms with Crippen LogP contribution in [0.1, 0.15) is 11.3 Å². The zero-order chi connectivity index (χ0) is 22.8. The molecule has 5 aromatic rings. The van der Waals surface area contributed by atoms with E-state index >= 15 is 0 Å². The monoisotopic (exact) mass is 472 g/mol. The summed E-state index contributed by atoms with van der Waals surface area (Å²) in [5.41, 5.74) is 3.51. The first kappa shape index (κ1) is 21.4. The lowest BCUT2D eigenvalue weighted by atomic mass is 10.2. The summed E-state index contributed by atoms with van der Waals surface area (Å²) in [5, 5.41) is 4.12. The quantitative estimate of drug-likeness (QED) is 0.240. The molecule has 0 aliphatic heterocycles. The lowest BCUT2D eigenvalue weighted by Crippen LogP contribution is -2.22. The van der Waals surface area contributed by atoms with Crippen LogP contribution in [-0.2, 0) is 5.75 Å². The van der Waals surface area contributed by atoms with Crippen molar-refractivity contribution < 1.29 is 4.74 Å². The molecule has 0 N–H and O–H groups in total. The van der Waals surface area contributed by atoms with E-state index in [2.05, 4.69) is 4.98 Å². The van der Waals surface area contributed by atoms with Crippen molar-refractivity contribution in [3.8, 4) is 22.1 Å². The van der Waals surface area contributed by atoms with Gasteiger partial charge >= 0.3 is 0 Å². The highest BCUT2D eigenvalue weighted by molar-refractivity contribution is 7.98. The maximum Gasteiger partial charge on any atom is 0.267 e. The van der Waals surface area contributed by atoms with Crippen LogP contribution in [0.2, 0.25) is 0 Å². The molecule has 0 atom stereocenters. The van der Waals surface area contributed by atoms with Gasteiger partial charge in [0, 0.05) is 22.9 Å². The molecule has 0 saturated carbocycles. The van der Waals surface area contributed by atoms with E-state index in [9.17, 15) is 4.79 Å². The number of thiazole rings is 1. The minimum absolute atomic E-state index is 0.128. The Hall–Kier alpha value is -3.49. The van der Waals surface area contributed by atoms with Gasteiger partial charge in [-0.2, -0.15) is 0 Å². The molecular formula is C25H20N4O2S2. The molecule has 6 nitrogen and oxygen atoms in total. The number of aryl methyl sites for hydroxylation is 1. The number of nitrogens with zero attached hydrogens (tertiary/aromatic N) is 4. The zero-order valence-electron chi connectivity index (χ0n) is 18.1. The molecule has 0 amide bonds. The third-order valence-corrected chi connectivity index (χ3v) is 7.00. The first-order valence-electron chi connectivity index (χ1n) is 10.3. The van der Waals surface area contributed by atoms with Gasteiger partial charge in [0.15, 0.2) is 5.16 Å². The predicted octanol–water partition coefficient (Wildman–Crippen LogP) is 5.51. The van der Waals surface area contributed by atoms with E-state index in [1.807, 2.05) is 66.9 Å². The van der Waals surface area contributed by atoms with E-state index < -0.39 is 0 Å². The van der Waals surface area contributed by atoms with Crippen LogP contribution in [0.3, 0.4) is 0 Å². The third kappa shape index (κ3) is 4.40. The van der Waals surface area contributed by atoms with E-state index in [1.54, 1.807) is 35.3 Å². The number of thioether (sulfide) groups is 1. The second kappa shape index (κ2) is 9.17. The van der Waals surface area contributed by atoms with Crippen LogP contribution in [0, 0.1) is 6.92 Å². The number of ether oxygens (including phenoxy) is 1. The van der Waals surface area contributed by atoms with Crippen LogP contribution < -0.4 is 10.3 Å². The van der Waals surface area contributed by atoms with Crippen LogP contribution in [-0.4, -0.2) is 26.6 Å². The predicted molar refractivity (Wildman–Crippen MR) is 134 cm³/mol. The summed E-state index contributed by atoms with van der Waals surface area (Å²) < 4.78 is 6.92. The Kier molecular flexibility index (Phi) is 5.93. The molecule has 3 aromatic heterocycles. The average Bonchev–Trinajstić information content (AvgIpc) is 3.32. The van der Waals surface area contributed by atoms with E-state index in [1.165, 1.54) is 11.8 Å². The topological polar surface area (TPSA) is 69.9 Å². The lowest BCUT2D eigenvalue weighted by molar-refractivity contribution is 0.415. The van der Waals surface area contributed by atoms with Crippen molar-refractivity contribution in [3.63, 3.8) is 0 Å². The number of para-hydroxylation sites is 1. The van der Waals surface area contributed by atoms with Crippen molar-refractivity contribution >= 4 is 34.0 Å². The normalized spacial score (nSPS) is 11.1. The molecule has 2 aromatic carbocycles. The highest BCUT2D eigenvalue weighted by Gasteiger charge is 2.15. The second-order valence-electron chi connectivity index (χ2n) is 7.41. The van der Waals surface area contributed by atoms with Crippen molar-refractivity contribution in [3.05, 3.63) is 93.9 Å². The van der Waals surface area contributed by atoms with E-state index in [0.717, 1.165) is 27.6 Å². The van der Waals surface area contributed by atoms with Gasteiger partial charge in [-0.25, -0.2) is 19.5 Å². The van der Waals surface area contributed by atoms with Crippen molar-refractivity contribution in [2.24, 2.45) is 0 Å². The summed E-state index contributed by atoms with van der Waals surface area (Å²) in [5.74, 6) is 1.95. The number of methoxy groups -OCH3 is 1. The zero-order valence-corrected chi connectivity index (χ0v) is 19.7. The molecule has 0 saturated heterocycles. The fraction of sp³-hybridized carbons (Fsp3) is 0.120. The van der Waals surface area contributed by atoms with Gasteiger partial charge in [-0.3, -0.25) is 4.79 Å². The number of hydrogen-bond donors (Lipinski definition) is 0. The molecule has 33 heavy (non-hydrogen) atoms. The number of rotatable bonds is 6. The maximum atomic E-state index is 13.4. The van der Waals surface area contributed by atoms with Crippen molar-refractivity contribution in [2.75, 3.05) is 7.11 Å². The van der Waals surface area contributed by atoms with Gasteiger partial charge in [-0.05, 0) is 48.9 Å². The van der Waals surface area contributed by atoms with Gasteiger partial charge in [0.2, 0.25) is 0 Å². The van der Waals surface area contributed by atoms with Gasteiger partial charge in [0.05, 0.1) is 23.7 Å². The molecule has 0 fully saturated rings. The lowest BCUT2D eigenvalue weighted by Gasteiger charge is -2.12. The van der Waals surface area contributed by atoms with Crippen LogP contribution in [0.4, 0.5) is 0 Å². The molecular weight excluding hydrogens is 452 g/mol. The van der Waals surface area contributed by atoms with Gasteiger partial charge < -0.3 is 4.74 Å². The molecule has 3 heterocycles. The van der Waals surface area contributed by atoms with E-state index in [-0.39, 0.29) is 5.56 Å². The summed E-state index contributed by atoms with van der Waals surface area (Å²) in [4.78, 5) is 27.4. The minimum Gasteiger partial charge on any atom is -0.497 e. The standard InChI is InChI=1S/C25H20N4O2S2/c1-16-10-11-26-22(12-16)29-24(30)20-8-3-4-9-21(20)28-25(29)33-15-18-14-32-23(27-18)17-6-5-7-19(13-17)31-2/h3-14H,15H2,1-2H3. The molecule has 0 aliphatic rings. The Labute approximate surface area is 199 Å². The minimum atomic E-state index is -0.128. The summed E-state index contributed by atoms with van der Waals surface area (Å²) in [6, 6.07) is 19.1. The molecule has 0 aliphatic carbocycles. The second-order valence-corrected chi connectivity index (χ2v) is 9.21. The Morgan fingerprint density at radius 3 is 2.79 bits per heavy atom. The first-order valence-corrected chi connectivity index (χ1v) is 12.2. The number of hydrogen-bond acceptors (Lipinski definition) is 7. The first-order chi connectivity index (χ1) is 16.1. The fourth-order valence-electron chi connectivity index (χ4n) is 3.45. The van der Waals surface area contributed by atoms with E-state index in [0.29, 0.717) is 27.6 Å². The molecule has 5 rings (SSSR count). The van der Waals surface area contributed by atoms with E-state index in [4.69, 9.17) is 14.7 Å². The number of benzene rings is 2. The third-order valence-electron chi connectivity index (χ3n) is 5.09. The summed E-state index contributed by atoms with van der Waals surface area (Å²) in [7, 11) is 1.65. The molecule has 8 heteroatoms. The number of fused-ring (bicyclic) bond motifs is 1. The summed E-state index contributed by atoms with van der Waals surface area (Å²) in [6.45, 7) is 1.98. The highest BCUT2D eigenvalue weighted by Crippen LogP contribution is 2.30. The van der Waals surface area contributed by atoms with Crippen molar-refractivity contribution in [2.45, 2.75) is 17.8 Å². The van der Waals surface area contributed by atoms with Crippen LogP contribution in [0.15, 0.2) is 82.2 Å². The smallest absolute Gasteiger partial charge is 0.267 e. The Morgan fingerprint density at radius 1 is 1.06 bits per heavy atom. The largest absolute Gasteiger partial charge is 0.497 e. The van der Waals surface area contributed by atoms with Crippen molar-refractivity contribution in [1.29, 1.82) is 0 Å². The van der Waals surface area contributed by atoms with Crippen LogP contribution in [0.5, 0.6) is 5.75 Å². The Balaban J connectivity index is 1.50. The average molecular weight is 473 g/mol. The molecule has 0 radical (unpaired) electrons. The SMILES string of the molecule is COc1cccc(-c2nc(CSc3nc4ccccc4c(=O)n3-c3cc(C)ccn3)cs2)c1. The Morgan fingerprint density at radius 2 is 1.94 bits per heavy atom. The number of pyridine rings is 1. The van der Waals surface area contributed by atoms with Gasteiger partial charge in [-0.1, -0.05) is 36.0 Å². The Bertz CT molecular complexity index is 1510. The van der Waals surface area contributed by atoms with Gasteiger partial charge in [-0.15, -0.1) is 11.3 Å². The fourth-order valence-corrected chi connectivity index (χ4v) is 5.27. The molecule has 164 valence electrons. The van der Waals surface area contributed by atoms with Gasteiger partial charge in [0.25, 0.3) is 5.56 Å². The van der Waals surface area contributed by atoms with Gasteiger partial charge in [0.1, 0.15) is 16.6 Å². The van der Waals surface area contributed by atoms with Crippen LogP contribution in [0.25, 0.3) is 27.3 Å². The van der Waals surface area contributed by atoms with Crippen molar-refractivity contribution in [1.82, 2.24) is 19.5 Å². The molecule has 0 bridgehead atoms. The van der Waals surface area contributed by atoms with Crippen LogP contribution >= 0.6 is 23.1 Å². The molecule has 0 spiro atoms. The number of aromatic nitrogens is 4.